The van der Waals surface area contributed by atoms with Crippen molar-refractivity contribution >= 4 is 17.2 Å². The average molecular weight is 284 g/mol. The summed E-state index contributed by atoms with van der Waals surface area (Å²) in [4.78, 5) is 17.1. The van der Waals surface area contributed by atoms with Crippen LogP contribution in [0.2, 0.25) is 0 Å². The number of amides is 1. The van der Waals surface area contributed by atoms with Crippen molar-refractivity contribution < 1.29 is 9.90 Å². The molecule has 0 aliphatic carbocycles. The highest BCUT2D eigenvalue weighted by Gasteiger charge is 2.14. The molecule has 108 valence electrons. The lowest BCUT2D eigenvalue weighted by atomic mass is 10.3. The molecule has 1 aromatic rings. The number of unbranched alkanes of at least 4 members (excludes halogenated alkanes) is 1. The van der Waals surface area contributed by atoms with Gasteiger partial charge in [0, 0.05) is 18.5 Å². The number of thiophene rings is 1. The molecule has 1 amide bonds. The molecule has 5 heteroatoms. The summed E-state index contributed by atoms with van der Waals surface area (Å²) in [5, 5.41) is 11.1. The molecular formula is C14H24N2O2S. The quantitative estimate of drug-likeness (QED) is 0.752. The number of hydrogen-bond acceptors (Lipinski definition) is 4. The van der Waals surface area contributed by atoms with Gasteiger partial charge in [0.2, 0.25) is 5.91 Å². The van der Waals surface area contributed by atoms with Crippen molar-refractivity contribution in [1.29, 1.82) is 0 Å². The van der Waals surface area contributed by atoms with Crippen LogP contribution in [0.25, 0.3) is 0 Å². The summed E-state index contributed by atoms with van der Waals surface area (Å²) in [6.45, 7) is 4.72. The van der Waals surface area contributed by atoms with E-state index in [2.05, 4.69) is 6.92 Å². The van der Waals surface area contributed by atoms with Gasteiger partial charge in [-0.1, -0.05) is 19.4 Å². The minimum Gasteiger partial charge on any atom is -0.395 e. The van der Waals surface area contributed by atoms with E-state index in [9.17, 15) is 4.79 Å². The van der Waals surface area contributed by atoms with Crippen molar-refractivity contribution in [2.24, 2.45) is 0 Å². The van der Waals surface area contributed by atoms with Crippen LogP contribution in [0.5, 0.6) is 0 Å². The number of carbonyl (C=O) groups excluding carboxylic acids is 1. The first-order valence-electron chi connectivity index (χ1n) is 6.77. The Morgan fingerprint density at radius 2 is 2.21 bits per heavy atom. The molecule has 0 aromatic carbocycles. The van der Waals surface area contributed by atoms with E-state index in [4.69, 9.17) is 5.11 Å². The Hall–Kier alpha value is -0.910. The molecule has 0 saturated heterocycles. The number of likely N-dealkylation sites (N-methyl/N-ethyl adjacent to an activating group) is 1. The topological polar surface area (TPSA) is 43.8 Å². The van der Waals surface area contributed by atoms with Crippen LogP contribution in [0.3, 0.4) is 0 Å². The molecule has 1 aromatic heterocycles. The summed E-state index contributed by atoms with van der Waals surface area (Å²) >= 11 is 1.66. The van der Waals surface area contributed by atoms with Crippen LogP contribution in [0.15, 0.2) is 17.5 Å². The molecule has 1 heterocycles. The second-order valence-electron chi connectivity index (χ2n) is 4.68. The Morgan fingerprint density at radius 3 is 2.79 bits per heavy atom. The van der Waals surface area contributed by atoms with E-state index in [0.29, 0.717) is 19.6 Å². The zero-order valence-corrected chi connectivity index (χ0v) is 12.7. The molecule has 0 aliphatic rings. The molecule has 0 bridgehead atoms. The lowest BCUT2D eigenvalue weighted by Gasteiger charge is -2.24. The summed E-state index contributed by atoms with van der Waals surface area (Å²) < 4.78 is 0. The van der Waals surface area contributed by atoms with Crippen LogP contribution in [-0.4, -0.2) is 54.1 Å². The van der Waals surface area contributed by atoms with Crippen molar-refractivity contribution in [1.82, 2.24) is 9.80 Å². The normalized spacial score (nSPS) is 10.9. The largest absolute Gasteiger partial charge is 0.395 e. The van der Waals surface area contributed by atoms with Gasteiger partial charge >= 0.3 is 0 Å². The Balaban J connectivity index is 2.41. The van der Waals surface area contributed by atoms with Gasteiger partial charge in [-0.25, -0.2) is 0 Å². The smallest absolute Gasteiger partial charge is 0.236 e. The predicted molar refractivity (Wildman–Crippen MR) is 79.2 cm³/mol. The number of aliphatic hydroxyl groups is 1. The fraction of sp³-hybridized carbons (Fsp3) is 0.643. The van der Waals surface area contributed by atoms with Gasteiger partial charge in [0.1, 0.15) is 0 Å². The number of carbonyl (C=O) groups is 1. The van der Waals surface area contributed by atoms with Crippen LogP contribution in [-0.2, 0) is 11.3 Å². The van der Waals surface area contributed by atoms with E-state index >= 15 is 0 Å². The number of aliphatic hydroxyl groups excluding tert-OH is 1. The third-order valence-corrected chi connectivity index (χ3v) is 3.86. The van der Waals surface area contributed by atoms with Crippen molar-refractivity contribution in [3.05, 3.63) is 22.4 Å². The fourth-order valence-electron chi connectivity index (χ4n) is 1.83. The molecule has 0 aliphatic heterocycles. The number of rotatable bonds is 9. The maximum atomic E-state index is 12.1. The van der Waals surface area contributed by atoms with Crippen molar-refractivity contribution in [3.63, 3.8) is 0 Å². The van der Waals surface area contributed by atoms with Crippen LogP contribution in [0, 0.1) is 0 Å². The van der Waals surface area contributed by atoms with Gasteiger partial charge in [-0.15, -0.1) is 11.3 Å². The van der Waals surface area contributed by atoms with Gasteiger partial charge < -0.3 is 10.0 Å². The van der Waals surface area contributed by atoms with E-state index in [1.165, 1.54) is 4.88 Å². The van der Waals surface area contributed by atoms with Crippen LogP contribution in [0.4, 0.5) is 0 Å². The molecule has 4 nitrogen and oxygen atoms in total. The highest BCUT2D eigenvalue weighted by molar-refractivity contribution is 7.09. The van der Waals surface area contributed by atoms with E-state index in [1.54, 1.807) is 16.2 Å². The lowest BCUT2D eigenvalue weighted by molar-refractivity contribution is -0.131. The van der Waals surface area contributed by atoms with Crippen LogP contribution >= 0.6 is 11.3 Å². The molecule has 0 fully saturated rings. The number of nitrogens with zero attached hydrogens (tertiary/aromatic N) is 2. The van der Waals surface area contributed by atoms with Gasteiger partial charge in [0.25, 0.3) is 0 Å². The molecule has 0 unspecified atom stereocenters. The predicted octanol–water partition coefficient (Wildman–Crippen LogP) is 1.80. The monoisotopic (exact) mass is 284 g/mol. The Labute approximate surface area is 119 Å². The SMILES string of the molecule is CCCCN(CCO)CC(=O)N(C)Cc1cccs1. The summed E-state index contributed by atoms with van der Waals surface area (Å²) in [6, 6.07) is 4.04. The van der Waals surface area contributed by atoms with Gasteiger partial charge in [0.15, 0.2) is 0 Å². The highest BCUT2D eigenvalue weighted by Crippen LogP contribution is 2.11. The standard InChI is InChI=1S/C14H24N2O2S/c1-3-4-7-16(8-9-17)12-14(18)15(2)11-13-6-5-10-19-13/h5-6,10,17H,3-4,7-9,11-12H2,1-2H3. The molecule has 0 saturated carbocycles. The third-order valence-electron chi connectivity index (χ3n) is 3.00. The third kappa shape index (κ3) is 6.18. The zero-order chi connectivity index (χ0) is 14.1. The van der Waals surface area contributed by atoms with E-state index in [-0.39, 0.29) is 12.5 Å². The van der Waals surface area contributed by atoms with E-state index in [0.717, 1.165) is 19.4 Å². The second-order valence-corrected chi connectivity index (χ2v) is 5.71. The van der Waals surface area contributed by atoms with E-state index < -0.39 is 0 Å². The summed E-state index contributed by atoms with van der Waals surface area (Å²) in [5.41, 5.74) is 0. The first-order chi connectivity index (χ1) is 9.17. The van der Waals surface area contributed by atoms with Crippen LogP contribution < -0.4 is 0 Å². The van der Waals surface area contributed by atoms with Gasteiger partial charge in [-0.3, -0.25) is 9.69 Å². The van der Waals surface area contributed by atoms with Crippen LogP contribution in [0.1, 0.15) is 24.6 Å². The number of hydrogen-bond donors (Lipinski definition) is 1. The highest BCUT2D eigenvalue weighted by atomic mass is 32.1. The van der Waals surface area contributed by atoms with Crippen molar-refractivity contribution in [2.45, 2.75) is 26.3 Å². The molecule has 0 radical (unpaired) electrons. The minimum absolute atomic E-state index is 0.103. The fourth-order valence-corrected chi connectivity index (χ4v) is 2.59. The maximum absolute atomic E-state index is 12.1. The van der Waals surface area contributed by atoms with Crippen molar-refractivity contribution in [3.8, 4) is 0 Å². The maximum Gasteiger partial charge on any atom is 0.236 e. The molecule has 1 N–H and O–H groups in total. The first-order valence-corrected chi connectivity index (χ1v) is 7.65. The average Bonchev–Trinajstić information content (AvgIpc) is 2.88. The first kappa shape index (κ1) is 16.1. The minimum atomic E-state index is 0.103. The van der Waals surface area contributed by atoms with Crippen molar-refractivity contribution in [2.75, 3.05) is 33.3 Å². The molecule has 1 rings (SSSR count). The summed E-state index contributed by atoms with van der Waals surface area (Å²) in [7, 11) is 1.83. The summed E-state index contributed by atoms with van der Waals surface area (Å²) in [6.07, 6.45) is 2.16. The van der Waals surface area contributed by atoms with Gasteiger partial charge in [-0.05, 0) is 24.4 Å². The van der Waals surface area contributed by atoms with Gasteiger partial charge in [0.05, 0.1) is 19.7 Å². The zero-order valence-electron chi connectivity index (χ0n) is 11.8. The molecular weight excluding hydrogens is 260 g/mol. The Morgan fingerprint density at radius 1 is 1.42 bits per heavy atom. The Kier molecular flexibility index (Phi) is 7.70. The Bertz CT molecular complexity index is 354. The lowest BCUT2D eigenvalue weighted by Crippen LogP contribution is -2.39. The molecule has 0 spiro atoms. The molecule has 19 heavy (non-hydrogen) atoms. The molecule has 0 atom stereocenters. The second kappa shape index (κ2) is 9.07. The summed E-state index contributed by atoms with van der Waals surface area (Å²) in [5.74, 6) is 0.109. The van der Waals surface area contributed by atoms with E-state index in [1.807, 2.05) is 29.5 Å². The van der Waals surface area contributed by atoms with Gasteiger partial charge in [-0.2, -0.15) is 0 Å².